The van der Waals surface area contributed by atoms with Gasteiger partial charge in [-0.2, -0.15) is 11.3 Å². The molecule has 0 unspecified atom stereocenters. The van der Waals surface area contributed by atoms with Gasteiger partial charge in [0.1, 0.15) is 5.82 Å². The van der Waals surface area contributed by atoms with Gasteiger partial charge in [-0.1, -0.05) is 0 Å². The summed E-state index contributed by atoms with van der Waals surface area (Å²) in [6, 6.07) is 5.17. The zero-order valence-electron chi connectivity index (χ0n) is 8.51. The van der Waals surface area contributed by atoms with E-state index in [0.29, 0.717) is 17.9 Å². The first kappa shape index (κ1) is 10.6. The normalized spacial score (nSPS) is 10.0. The number of anilines is 1. The first-order valence-electron chi connectivity index (χ1n) is 4.76. The Bertz CT molecular complexity index is 482. The molecule has 0 fully saturated rings. The van der Waals surface area contributed by atoms with Crippen molar-refractivity contribution < 1.29 is 4.79 Å². The Kier molecular flexibility index (Phi) is 3.16. The SMILES string of the molecule is Nc1cc(C(=O)NCc2ccsc2)ccn1. The van der Waals surface area contributed by atoms with Gasteiger partial charge in [-0.05, 0) is 34.5 Å². The fourth-order valence-electron chi connectivity index (χ4n) is 1.27. The zero-order chi connectivity index (χ0) is 11.4. The molecule has 0 aliphatic heterocycles. The maximum Gasteiger partial charge on any atom is 0.251 e. The van der Waals surface area contributed by atoms with Crippen LogP contribution in [0.15, 0.2) is 35.2 Å². The average molecular weight is 233 g/mol. The van der Waals surface area contributed by atoms with Crippen LogP contribution >= 0.6 is 11.3 Å². The Labute approximate surface area is 97.1 Å². The van der Waals surface area contributed by atoms with Crippen LogP contribution in [-0.4, -0.2) is 10.9 Å². The number of nitrogen functional groups attached to an aromatic ring is 1. The van der Waals surface area contributed by atoms with Gasteiger partial charge in [0.2, 0.25) is 0 Å². The standard InChI is InChI=1S/C11H11N3OS/c12-10-5-9(1-3-13-10)11(15)14-6-8-2-4-16-7-8/h1-5,7H,6H2,(H2,12,13)(H,14,15). The highest BCUT2D eigenvalue weighted by Crippen LogP contribution is 2.06. The highest BCUT2D eigenvalue weighted by atomic mass is 32.1. The summed E-state index contributed by atoms with van der Waals surface area (Å²) in [6.45, 7) is 0.532. The summed E-state index contributed by atoms with van der Waals surface area (Å²) in [5, 5.41) is 6.79. The van der Waals surface area contributed by atoms with Crippen LogP contribution in [0.4, 0.5) is 5.82 Å². The minimum atomic E-state index is -0.139. The highest BCUT2D eigenvalue weighted by molar-refractivity contribution is 7.07. The lowest BCUT2D eigenvalue weighted by atomic mass is 10.2. The van der Waals surface area contributed by atoms with Gasteiger partial charge in [0.05, 0.1) is 0 Å². The van der Waals surface area contributed by atoms with E-state index in [1.807, 2.05) is 16.8 Å². The molecule has 0 bridgehead atoms. The minimum Gasteiger partial charge on any atom is -0.384 e. The number of nitrogens with one attached hydrogen (secondary N) is 1. The number of hydrogen-bond acceptors (Lipinski definition) is 4. The Morgan fingerprint density at radius 1 is 1.50 bits per heavy atom. The van der Waals surface area contributed by atoms with Crippen LogP contribution in [-0.2, 0) is 6.54 Å². The second-order valence-electron chi connectivity index (χ2n) is 3.28. The molecule has 5 heteroatoms. The van der Waals surface area contributed by atoms with Gasteiger partial charge in [-0.3, -0.25) is 4.79 Å². The van der Waals surface area contributed by atoms with E-state index in [4.69, 9.17) is 5.73 Å². The van der Waals surface area contributed by atoms with Crippen molar-refractivity contribution >= 4 is 23.1 Å². The van der Waals surface area contributed by atoms with Gasteiger partial charge >= 0.3 is 0 Å². The molecule has 4 nitrogen and oxygen atoms in total. The molecule has 16 heavy (non-hydrogen) atoms. The lowest BCUT2D eigenvalue weighted by molar-refractivity contribution is 0.0951. The zero-order valence-corrected chi connectivity index (χ0v) is 9.33. The Morgan fingerprint density at radius 3 is 3.06 bits per heavy atom. The number of nitrogens with two attached hydrogens (primary N) is 1. The van der Waals surface area contributed by atoms with E-state index in [1.165, 1.54) is 6.20 Å². The molecule has 2 aromatic heterocycles. The molecule has 2 rings (SSSR count). The molecule has 0 aromatic carbocycles. The molecule has 0 atom stereocenters. The first-order chi connectivity index (χ1) is 7.75. The quantitative estimate of drug-likeness (QED) is 0.847. The lowest BCUT2D eigenvalue weighted by Gasteiger charge is -2.03. The maximum absolute atomic E-state index is 11.7. The molecule has 0 aliphatic carbocycles. The second kappa shape index (κ2) is 4.76. The Balaban J connectivity index is 1.98. The molecular weight excluding hydrogens is 222 g/mol. The Hall–Kier alpha value is -1.88. The van der Waals surface area contributed by atoms with Gasteiger partial charge in [0.25, 0.3) is 5.91 Å². The van der Waals surface area contributed by atoms with Crippen LogP contribution in [0.2, 0.25) is 0 Å². The third-order valence-electron chi connectivity index (χ3n) is 2.08. The number of rotatable bonds is 3. The van der Waals surface area contributed by atoms with Crippen LogP contribution in [0.25, 0.3) is 0 Å². The maximum atomic E-state index is 11.7. The Morgan fingerprint density at radius 2 is 2.38 bits per heavy atom. The third-order valence-corrected chi connectivity index (χ3v) is 2.81. The van der Waals surface area contributed by atoms with Crippen molar-refractivity contribution in [2.45, 2.75) is 6.54 Å². The molecule has 0 spiro atoms. The number of pyridine rings is 1. The summed E-state index contributed by atoms with van der Waals surface area (Å²) in [6.07, 6.45) is 1.52. The molecule has 0 radical (unpaired) electrons. The summed E-state index contributed by atoms with van der Waals surface area (Å²) in [5.41, 5.74) is 7.13. The van der Waals surface area contributed by atoms with Crippen LogP contribution in [0.3, 0.4) is 0 Å². The highest BCUT2D eigenvalue weighted by Gasteiger charge is 2.05. The van der Waals surface area contributed by atoms with E-state index >= 15 is 0 Å². The number of thiophene rings is 1. The van der Waals surface area contributed by atoms with Crippen molar-refractivity contribution in [2.24, 2.45) is 0 Å². The second-order valence-corrected chi connectivity index (χ2v) is 4.06. The van der Waals surface area contributed by atoms with E-state index in [9.17, 15) is 4.79 Å². The van der Waals surface area contributed by atoms with Gasteiger partial charge < -0.3 is 11.1 Å². The van der Waals surface area contributed by atoms with Crippen LogP contribution in [0.5, 0.6) is 0 Å². The number of aromatic nitrogens is 1. The minimum absolute atomic E-state index is 0.139. The monoisotopic (exact) mass is 233 g/mol. The summed E-state index contributed by atoms with van der Waals surface area (Å²) in [5.74, 6) is 0.212. The van der Waals surface area contributed by atoms with Crippen molar-refractivity contribution in [2.75, 3.05) is 5.73 Å². The summed E-state index contributed by atoms with van der Waals surface area (Å²) >= 11 is 1.61. The molecule has 2 aromatic rings. The predicted octanol–water partition coefficient (Wildman–Crippen LogP) is 1.66. The first-order valence-corrected chi connectivity index (χ1v) is 5.71. The van der Waals surface area contributed by atoms with E-state index in [1.54, 1.807) is 23.5 Å². The van der Waals surface area contributed by atoms with Gasteiger partial charge in [-0.15, -0.1) is 0 Å². The van der Waals surface area contributed by atoms with Gasteiger partial charge in [0, 0.05) is 18.3 Å². The van der Waals surface area contributed by atoms with Crippen molar-refractivity contribution in [1.29, 1.82) is 0 Å². The number of nitrogens with zero attached hydrogens (tertiary/aromatic N) is 1. The summed E-state index contributed by atoms with van der Waals surface area (Å²) in [4.78, 5) is 15.5. The van der Waals surface area contributed by atoms with Crippen molar-refractivity contribution in [3.8, 4) is 0 Å². The molecule has 0 saturated carbocycles. The predicted molar refractivity (Wildman–Crippen MR) is 64.1 cm³/mol. The van der Waals surface area contributed by atoms with Crippen molar-refractivity contribution in [1.82, 2.24) is 10.3 Å². The lowest BCUT2D eigenvalue weighted by Crippen LogP contribution is -2.22. The fourth-order valence-corrected chi connectivity index (χ4v) is 1.94. The molecule has 0 saturated heterocycles. The van der Waals surface area contributed by atoms with Gasteiger partial charge in [0.15, 0.2) is 0 Å². The molecule has 3 N–H and O–H groups in total. The van der Waals surface area contributed by atoms with E-state index in [2.05, 4.69) is 10.3 Å². The molecule has 2 heterocycles. The number of hydrogen-bond donors (Lipinski definition) is 2. The molecule has 82 valence electrons. The van der Waals surface area contributed by atoms with Gasteiger partial charge in [-0.25, -0.2) is 4.98 Å². The summed E-state index contributed by atoms with van der Waals surface area (Å²) < 4.78 is 0. The van der Waals surface area contributed by atoms with Crippen LogP contribution in [0.1, 0.15) is 15.9 Å². The van der Waals surface area contributed by atoms with Crippen molar-refractivity contribution in [3.05, 3.63) is 46.3 Å². The molecular formula is C11H11N3OS. The number of carbonyl (C=O) groups is 1. The molecule has 0 aliphatic rings. The van der Waals surface area contributed by atoms with Crippen molar-refractivity contribution in [3.63, 3.8) is 0 Å². The summed E-state index contributed by atoms with van der Waals surface area (Å²) in [7, 11) is 0. The van der Waals surface area contributed by atoms with Crippen LogP contribution < -0.4 is 11.1 Å². The number of amides is 1. The van der Waals surface area contributed by atoms with E-state index < -0.39 is 0 Å². The van der Waals surface area contributed by atoms with Crippen LogP contribution in [0, 0.1) is 0 Å². The smallest absolute Gasteiger partial charge is 0.251 e. The largest absolute Gasteiger partial charge is 0.384 e. The topological polar surface area (TPSA) is 68.0 Å². The average Bonchev–Trinajstić information content (AvgIpc) is 2.78. The van der Waals surface area contributed by atoms with E-state index in [-0.39, 0.29) is 5.91 Å². The van der Waals surface area contributed by atoms with E-state index in [0.717, 1.165) is 5.56 Å². The third kappa shape index (κ3) is 2.58. The molecule has 1 amide bonds. The number of carbonyl (C=O) groups excluding carboxylic acids is 1. The fraction of sp³-hybridized carbons (Fsp3) is 0.0909.